The molecule has 0 aromatic carbocycles. The largest absolute Gasteiger partial charge is 0.389 e. The van der Waals surface area contributed by atoms with Gasteiger partial charge in [-0.3, -0.25) is 0 Å². The van der Waals surface area contributed by atoms with E-state index in [1.165, 1.54) is 0 Å². The van der Waals surface area contributed by atoms with Gasteiger partial charge in [0.25, 0.3) is 0 Å². The lowest BCUT2D eigenvalue weighted by molar-refractivity contribution is 0.00548. The third-order valence-electron chi connectivity index (χ3n) is 4.10. The van der Waals surface area contributed by atoms with Crippen molar-refractivity contribution in [2.75, 3.05) is 6.54 Å². The Kier molecular flexibility index (Phi) is 5.82. The molecule has 0 rings (SSSR count). The summed E-state index contributed by atoms with van der Waals surface area (Å²) in [5, 5.41) is 13.7. The zero-order chi connectivity index (χ0) is 12.1. The number of hydrogen-bond acceptors (Lipinski definition) is 2. The highest BCUT2D eigenvalue weighted by atomic mass is 16.3. The summed E-state index contributed by atoms with van der Waals surface area (Å²) >= 11 is 0. The Morgan fingerprint density at radius 2 is 1.47 bits per heavy atom. The van der Waals surface area contributed by atoms with E-state index in [2.05, 4.69) is 39.9 Å². The predicted octanol–water partition coefficient (Wildman–Crippen LogP) is 2.95. The molecule has 0 heterocycles. The van der Waals surface area contributed by atoms with Gasteiger partial charge in [0.1, 0.15) is 0 Å². The Hall–Kier alpha value is -0.0800. The van der Waals surface area contributed by atoms with E-state index in [-0.39, 0.29) is 11.5 Å². The van der Waals surface area contributed by atoms with Crippen molar-refractivity contribution in [2.24, 2.45) is 5.92 Å². The van der Waals surface area contributed by atoms with Crippen LogP contribution in [0.25, 0.3) is 0 Å². The minimum Gasteiger partial charge on any atom is -0.389 e. The minimum absolute atomic E-state index is 0.207. The van der Waals surface area contributed by atoms with E-state index in [1.807, 2.05) is 6.92 Å². The quantitative estimate of drug-likeness (QED) is 0.684. The molecule has 0 fully saturated rings. The molecule has 0 aromatic heterocycles. The molecule has 0 aliphatic carbocycles. The maximum Gasteiger partial charge on any atom is 0.0766 e. The molecule has 0 bridgehead atoms. The Morgan fingerprint density at radius 3 is 1.73 bits per heavy atom. The summed E-state index contributed by atoms with van der Waals surface area (Å²) in [6.07, 6.45) is 3.36. The first-order valence-electron chi connectivity index (χ1n) is 6.31. The summed E-state index contributed by atoms with van der Waals surface area (Å²) in [7, 11) is 0. The second-order valence-corrected chi connectivity index (χ2v) is 5.21. The third-order valence-corrected chi connectivity index (χ3v) is 4.10. The van der Waals surface area contributed by atoms with Gasteiger partial charge in [-0.05, 0) is 32.1 Å². The number of β-amino-alcohol motifs (C(OH)–C–C–N with tert-alkyl or cyclic N) is 1. The molecule has 92 valence electrons. The van der Waals surface area contributed by atoms with Gasteiger partial charge in [0.2, 0.25) is 0 Å². The minimum atomic E-state index is -0.606. The Labute approximate surface area is 95.5 Å². The fraction of sp³-hybridized carbons (Fsp3) is 1.00. The summed E-state index contributed by atoms with van der Waals surface area (Å²) in [6, 6.07) is 0. The lowest BCUT2D eigenvalue weighted by Gasteiger charge is -2.37. The molecular weight excluding hydrogens is 186 g/mol. The van der Waals surface area contributed by atoms with Crippen LogP contribution in [0.3, 0.4) is 0 Å². The standard InChI is InChI=1S/C13H29NO/c1-7-13(8-2,9-3)14-10-12(6,15)11(4)5/h11,14-15H,7-10H2,1-6H3. The molecule has 0 amide bonds. The van der Waals surface area contributed by atoms with E-state index in [0.717, 1.165) is 19.3 Å². The molecule has 0 aliphatic rings. The molecule has 0 saturated heterocycles. The molecular formula is C13H29NO. The molecule has 2 nitrogen and oxygen atoms in total. The van der Waals surface area contributed by atoms with E-state index in [9.17, 15) is 5.11 Å². The van der Waals surface area contributed by atoms with Gasteiger partial charge in [0.15, 0.2) is 0 Å². The van der Waals surface area contributed by atoms with Crippen LogP contribution >= 0.6 is 0 Å². The first-order valence-corrected chi connectivity index (χ1v) is 6.31. The van der Waals surface area contributed by atoms with E-state index >= 15 is 0 Å². The van der Waals surface area contributed by atoms with Crippen molar-refractivity contribution in [1.29, 1.82) is 0 Å². The summed E-state index contributed by atoms with van der Waals surface area (Å²) in [5.41, 5.74) is -0.399. The van der Waals surface area contributed by atoms with Crippen molar-refractivity contribution in [2.45, 2.75) is 71.9 Å². The van der Waals surface area contributed by atoms with Gasteiger partial charge >= 0.3 is 0 Å². The number of hydrogen-bond donors (Lipinski definition) is 2. The van der Waals surface area contributed by atoms with Crippen molar-refractivity contribution in [3.8, 4) is 0 Å². The van der Waals surface area contributed by atoms with Gasteiger partial charge in [0, 0.05) is 12.1 Å². The van der Waals surface area contributed by atoms with Gasteiger partial charge in [-0.15, -0.1) is 0 Å². The highest BCUT2D eigenvalue weighted by Gasteiger charge is 2.30. The van der Waals surface area contributed by atoms with Crippen LogP contribution in [-0.2, 0) is 0 Å². The second kappa shape index (κ2) is 5.86. The first-order chi connectivity index (χ1) is 6.83. The van der Waals surface area contributed by atoms with Crippen LogP contribution < -0.4 is 5.32 Å². The first kappa shape index (κ1) is 14.9. The van der Waals surface area contributed by atoms with Crippen LogP contribution in [-0.4, -0.2) is 22.8 Å². The normalized spacial score (nSPS) is 16.8. The van der Waals surface area contributed by atoms with Gasteiger partial charge in [-0.2, -0.15) is 0 Å². The Bertz CT molecular complexity index is 163. The zero-order valence-electron chi connectivity index (χ0n) is 11.4. The molecule has 0 aliphatic heterocycles. The van der Waals surface area contributed by atoms with Crippen molar-refractivity contribution in [3.63, 3.8) is 0 Å². The van der Waals surface area contributed by atoms with Crippen molar-refractivity contribution in [1.82, 2.24) is 5.32 Å². The Morgan fingerprint density at radius 1 is 1.07 bits per heavy atom. The SMILES string of the molecule is CCC(CC)(CC)NCC(C)(O)C(C)C. The molecule has 0 radical (unpaired) electrons. The summed E-state index contributed by atoms with van der Waals surface area (Å²) in [6.45, 7) is 13.4. The van der Waals surface area contributed by atoms with Crippen LogP contribution in [0.15, 0.2) is 0 Å². The maximum atomic E-state index is 10.2. The van der Waals surface area contributed by atoms with Crippen LogP contribution in [0.4, 0.5) is 0 Å². The maximum absolute atomic E-state index is 10.2. The van der Waals surface area contributed by atoms with E-state index in [0.29, 0.717) is 6.54 Å². The van der Waals surface area contributed by atoms with E-state index < -0.39 is 5.60 Å². The molecule has 2 heteroatoms. The number of aliphatic hydroxyl groups is 1. The van der Waals surface area contributed by atoms with Crippen LogP contribution in [0.1, 0.15) is 60.8 Å². The molecule has 2 N–H and O–H groups in total. The molecule has 0 saturated carbocycles. The smallest absolute Gasteiger partial charge is 0.0766 e. The van der Waals surface area contributed by atoms with Gasteiger partial charge < -0.3 is 10.4 Å². The molecule has 1 atom stereocenters. The fourth-order valence-corrected chi connectivity index (χ4v) is 1.70. The predicted molar refractivity (Wildman–Crippen MR) is 67.1 cm³/mol. The molecule has 1 unspecified atom stereocenters. The van der Waals surface area contributed by atoms with Crippen molar-refractivity contribution in [3.05, 3.63) is 0 Å². The average Bonchev–Trinajstić information content (AvgIpc) is 2.20. The van der Waals surface area contributed by atoms with E-state index in [1.54, 1.807) is 0 Å². The lowest BCUT2D eigenvalue weighted by atomic mass is 9.86. The van der Waals surface area contributed by atoms with Gasteiger partial charge in [-0.25, -0.2) is 0 Å². The number of nitrogens with one attached hydrogen (secondary N) is 1. The highest BCUT2D eigenvalue weighted by molar-refractivity contribution is 4.88. The molecule has 15 heavy (non-hydrogen) atoms. The summed E-state index contributed by atoms with van der Waals surface area (Å²) in [5.74, 6) is 0.285. The van der Waals surface area contributed by atoms with Gasteiger partial charge in [-0.1, -0.05) is 34.6 Å². The molecule has 0 aromatic rings. The highest BCUT2D eigenvalue weighted by Crippen LogP contribution is 2.22. The van der Waals surface area contributed by atoms with Gasteiger partial charge in [0.05, 0.1) is 5.60 Å². The summed E-state index contributed by atoms with van der Waals surface area (Å²) < 4.78 is 0. The third kappa shape index (κ3) is 4.12. The van der Waals surface area contributed by atoms with Crippen molar-refractivity contribution < 1.29 is 5.11 Å². The Balaban J connectivity index is 4.34. The van der Waals surface area contributed by atoms with Crippen LogP contribution in [0, 0.1) is 5.92 Å². The van der Waals surface area contributed by atoms with Crippen LogP contribution in [0.5, 0.6) is 0 Å². The van der Waals surface area contributed by atoms with E-state index in [4.69, 9.17) is 0 Å². The fourth-order valence-electron chi connectivity index (χ4n) is 1.70. The topological polar surface area (TPSA) is 32.3 Å². The summed E-state index contributed by atoms with van der Waals surface area (Å²) in [4.78, 5) is 0. The van der Waals surface area contributed by atoms with Crippen molar-refractivity contribution >= 4 is 0 Å². The monoisotopic (exact) mass is 215 g/mol. The zero-order valence-corrected chi connectivity index (χ0v) is 11.4. The number of rotatable bonds is 7. The van der Waals surface area contributed by atoms with Crippen LogP contribution in [0.2, 0.25) is 0 Å². The molecule has 0 spiro atoms. The average molecular weight is 215 g/mol. The lowest BCUT2D eigenvalue weighted by Crippen LogP contribution is -2.52. The second-order valence-electron chi connectivity index (χ2n) is 5.21.